The van der Waals surface area contributed by atoms with E-state index < -0.39 is 0 Å². The zero-order valence-electron chi connectivity index (χ0n) is 12.3. The van der Waals surface area contributed by atoms with E-state index in [-0.39, 0.29) is 0 Å². The summed E-state index contributed by atoms with van der Waals surface area (Å²) >= 11 is 3.46. The van der Waals surface area contributed by atoms with Gasteiger partial charge in [0.2, 0.25) is 0 Å². The molecule has 0 aromatic carbocycles. The van der Waals surface area contributed by atoms with Gasteiger partial charge in [-0.2, -0.15) is 0 Å². The summed E-state index contributed by atoms with van der Waals surface area (Å²) in [4.78, 5) is 0. The number of alkyl halides is 1. The van der Waals surface area contributed by atoms with Gasteiger partial charge in [0, 0.05) is 18.5 Å². The van der Waals surface area contributed by atoms with Crippen molar-refractivity contribution in [2.24, 2.45) is 5.92 Å². The van der Waals surface area contributed by atoms with Gasteiger partial charge in [-0.25, -0.2) is 0 Å². The highest BCUT2D eigenvalue weighted by Gasteiger charge is 1.95. The van der Waals surface area contributed by atoms with Crippen LogP contribution in [0.5, 0.6) is 0 Å². The minimum absolute atomic E-state index is 0.620. The summed E-state index contributed by atoms with van der Waals surface area (Å²) in [6, 6.07) is 0. The molecule has 0 aliphatic rings. The summed E-state index contributed by atoms with van der Waals surface area (Å²) in [7, 11) is 0. The van der Waals surface area contributed by atoms with Crippen molar-refractivity contribution >= 4 is 15.9 Å². The zero-order chi connectivity index (χ0) is 13.5. The van der Waals surface area contributed by atoms with E-state index in [1.807, 2.05) is 0 Å². The highest BCUT2D eigenvalue weighted by molar-refractivity contribution is 9.09. The summed E-state index contributed by atoms with van der Waals surface area (Å²) in [5.74, 6) is 0.620. The van der Waals surface area contributed by atoms with E-state index in [2.05, 4.69) is 29.8 Å². The predicted molar refractivity (Wildman–Crippen MR) is 82.6 cm³/mol. The van der Waals surface area contributed by atoms with Crippen molar-refractivity contribution in [2.75, 3.05) is 31.8 Å². The molecule has 0 aliphatic carbocycles. The zero-order valence-corrected chi connectivity index (χ0v) is 13.8. The van der Waals surface area contributed by atoms with Gasteiger partial charge in [0.15, 0.2) is 0 Å². The molecular weight excluding hydrogens is 292 g/mol. The molecule has 0 amide bonds. The molecule has 0 saturated carbocycles. The first-order chi connectivity index (χ1) is 8.77. The smallest absolute Gasteiger partial charge is 0.0700 e. The maximum absolute atomic E-state index is 5.53. The average Bonchev–Trinajstić information content (AvgIpc) is 2.34. The Morgan fingerprint density at radius 1 is 0.722 bits per heavy atom. The first kappa shape index (κ1) is 18.4. The second kappa shape index (κ2) is 15.5. The maximum atomic E-state index is 5.53. The van der Waals surface area contributed by atoms with Crippen LogP contribution in [-0.4, -0.2) is 31.8 Å². The molecule has 0 atom stereocenters. The maximum Gasteiger partial charge on any atom is 0.0700 e. The van der Waals surface area contributed by atoms with Crippen LogP contribution >= 0.6 is 15.9 Å². The molecule has 0 saturated heterocycles. The molecule has 0 bridgehead atoms. The van der Waals surface area contributed by atoms with E-state index in [1.54, 1.807) is 0 Å². The Hall–Kier alpha value is 0.400. The lowest BCUT2D eigenvalue weighted by Gasteiger charge is -2.07. The minimum atomic E-state index is 0.620. The Labute approximate surface area is 122 Å². The van der Waals surface area contributed by atoms with Gasteiger partial charge in [-0.1, -0.05) is 61.9 Å². The normalized spacial score (nSPS) is 11.3. The van der Waals surface area contributed by atoms with Crippen molar-refractivity contribution in [3.05, 3.63) is 0 Å². The van der Waals surface area contributed by atoms with E-state index >= 15 is 0 Å². The molecular formula is C15H31BrO2. The summed E-state index contributed by atoms with van der Waals surface area (Å²) in [6.07, 6.45) is 9.31. The Kier molecular flexibility index (Phi) is 15.8. The third-order valence-electron chi connectivity index (χ3n) is 2.75. The molecule has 3 heteroatoms. The number of unbranched alkanes of at least 4 members (excludes halogenated alkanes) is 6. The highest BCUT2D eigenvalue weighted by atomic mass is 79.9. The van der Waals surface area contributed by atoms with E-state index in [1.165, 1.54) is 44.9 Å². The van der Waals surface area contributed by atoms with Gasteiger partial charge in [-0.3, -0.25) is 0 Å². The van der Waals surface area contributed by atoms with Gasteiger partial charge in [-0.15, -0.1) is 0 Å². The molecule has 0 aliphatic heterocycles. The Morgan fingerprint density at radius 2 is 1.28 bits per heavy atom. The van der Waals surface area contributed by atoms with Crippen LogP contribution in [0.3, 0.4) is 0 Å². The van der Waals surface area contributed by atoms with E-state index in [4.69, 9.17) is 9.47 Å². The monoisotopic (exact) mass is 322 g/mol. The first-order valence-electron chi connectivity index (χ1n) is 7.48. The van der Waals surface area contributed by atoms with E-state index in [0.717, 1.165) is 31.8 Å². The Bertz CT molecular complexity index is 151. The molecule has 18 heavy (non-hydrogen) atoms. The summed E-state index contributed by atoms with van der Waals surface area (Å²) in [6.45, 7) is 7.56. The van der Waals surface area contributed by atoms with Crippen LogP contribution in [0.1, 0.15) is 58.8 Å². The molecule has 0 radical (unpaired) electrons. The average molecular weight is 323 g/mol. The number of ether oxygens (including phenoxy) is 2. The van der Waals surface area contributed by atoms with Crippen molar-refractivity contribution in [2.45, 2.75) is 58.8 Å². The van der Waals surface area contributed by atoms with Crippen molar-refractivity contribution < 1.29 is 9.47 Å². The van der Waals surface area contributed by atoms with E-state index in [9.17, 15) is 0 Å². The fourth-order valence-corrected chi connectivity index (χ4v) is 2.12. The molecule has 0 heterocycles. The van der Waals surface area contributed by atoms with Gasteiger partial charge in [0.05, 0.1) is 13.2 Å². The van der Waals surface area contributed by atoms with Gasteiger partial charge < -0.3 is 9.47 Å². The number of hydrogen-bond acceptors (Lipinski definition) is 2. The summed E-state index contributed by atoms with van der Waals surface area (Å²) in [5.41, 5.74) is 0. The predicted octanol–water partition coefficient (Wildman–Crippen LogP) is 4.80. The standard InChI is InChI=1S/C15H31BrO2/c1-15(2)14-18-13-12-17-11-9-7-5-3-4-6-8-10-16/h15H,3-14H2,1-2H3. The molecule has 0 spiro atoms. The van der Waals surface area contributed by atoms with Crippen LogP contribution < -0.4 is 0 Å². The topological polar surface area (TPSA) is 18.5 Å². The fraction of sp³-hybridized carbons (Fsp3) is 1.00. The molecule has 0 rings (SSSR count). The summed E-state index contributed by atoms with van der Waals surface area (Å²) < 4.78 is 11.0. The van der Waals surface area contributed by atoms with Crippen LogP contribution in [0, 0.1) is 5.92 Å². The van der Waals surface area contributed by atoms with Crippen molar-refractivity contribution in [1.29, 1.82) is 0 Å². The third kappa shape index (κ3) is 16.4. The molecule has 0 unspecified atom stereocenters. The number of halogens is 1. The van der Waals surface area contributed by atoms with Gasteiger partial charge >= 0.3 is 0 Å². The fourth-order valence-electron chi connectivity index (χ4n) is 1.72. The van der Waals surface area contributed by atoms with Crippen LogP contribution in [0.4, 0.5) is 0 Å². The van der Waals surface area contributed by atoms with Crippen LogP contribution in [-0.2, 0) is 9.47 Å². The summed E-state index contributed by atoms with van der Waals surface area (Å²) in [5, 5.41) is 1.15. The molecule has 0 aromatic heterocycles. The SMILES string of the molecule is CC(C)COCCOCCCCCCCCCBr. The number of rotatable bonds is 14. The molecule has 2 nitrogen and oxygen atoms in total. The Balaban J connectivity index is 2.90. The molecule has 0 fully saturated rings. The molecule has 0 N–H and O–H groups in total. The number of hydrogen-bond donors (Lipinski definition) is 0. The first-order valence-corrected chi connectivity index (χ1v) is 8.61. The van der Waals surface area contributed by atoms with E-state index in [0.29, 0.717) is 5.92 Å². The van der Waals surface area contributed by atoms with Gasteiger partial charge in [0.25, 0.3) is 0 Å². The van der Waals surface area contributed by atoms with Crippen LogP contribution in [0.25, 0.3) is 0 Å². The molecule has 110 valence electrons. The lowest BCUT2D eigenvalue weighted by Crippen LogP contribution is -2.09. The van der Waals surface area contributed by atoms with Crippen LogP contribution in [0.15, 0.2) is 0 Å². The van der Waals surface area contributed by atoms with Crippen molar-refractivity contribution in [1.82, 2.24) is 0 Å². The van der Waals surface area contributed by atoms with Crippen molar-refractivity contribution in [3.8, 4) is 0 Å². The van der Waals surface area contributed by atoms with Crippen LogP contribution in [0.2, 0.25) is 0 Å². The minimum Gasteiger partial charge on any atom is -0.379 e. The largest absolute Gasteiger partial charge is 0.379 e. The second-order valence-electron chi connectivity index (χ2n) is 5.24. The lowest BCUT2D eigenvalue weighted by atomic mass is 10.1. The third-order valence-corrected chi connectivity index (χ3v) is 3.31. The van der Waals surface area contributed by atoms with Gasteiger partial charge in [0.1, 0.15) is 0 Å². The quantitative estimate of drug-likeness (QED) is 0.338. The molecule has 0 aromatic rings. The highest BCUT2D eigenvalue weighted by Crippen LogP contribution is 2.08. The van der Waals surface area contributed by atoms with Crippen molar-refractivity contribution in [3.63, 3.8) is 0 Å². The second-order valence-corrected chi connectivity index (χ2v) is 6.04. The lowest BCUT2D eigenvalue weighted by molar-refractivity contribution is 0.0365. The Morgan fingerprint density at radius 3 is 1.89 bits per heavy atom. The van der Waals surface area contributed by atoms with Gasteiger partial charge in [-0.05, 0) is 18.8 Å².